The Hall–Kier alpha value is -0.240. The number of hydrogen-bond donors (Lipinski definition) is 1. The van der Waals surface area contributed by atoms with E-state index in [1.165, 1.54) is 23.5 Å². The Morgan fingerprint density at radius 1 is 1.22 bits per heavy atom. The lowest BCUT2D eigenvalue weighted by Crippen LogP contribution is -2.12. The fraction of sp³-hybridized carbons (Fsp3) is 0. The maximum Gasteiger partial charge on any atom is 0.257 e. The number of amides is 1. The fourth-order valence-corrected chi connectivity index (χ4v) is 4.42. The summed E-state index contributed by atoms with van der Waals surface area (Å²) in [5.41, 5.74) is 0.900. The molecule has 94 valence electrons. The zero-order valence-corrected chi connectivity index (χ0v) is 14.2. The van der Waals surface area contributed by atoms with E-state index in [9.17, 15) is 9.18 Å². The predicted octanol–water partition coefficient (Wildman–Crippen LogP) is 5.43. The van der Waals surface area contributed by atoms with Crippen molar-refractivity contribution in [1.82, 2.24) is 0 Å². The first kappa shape index (κ1) is 14.2. The van der Waals surface area contributed by atoms with Crippen molar-refractivity contribution in [2.45, 2.75) is 0 Å². The zero-order valence-electron chi connectivity index (χ0n) is 8.64. The third-order valence-electron chi connectivity index (χ3n) is 2.08. The van der Waals surface area contributed by atoms with Gasteiger partial charge in [-0.1, -0.05) is 0 Å². The molecular formula is C11H5Br3FNOS. The number of thiophene rings is 1. The van der Waals surface area contributed by atoms with Crippen LogP contribution in [0, 0.1) is 5.82 Å². The average molecular weight is 458 g/mol. The monoisotopic (exact) mass is 455 g/mol. The Labute approximate surface area is 132 Å². The van der Waals surface area contributed by atoms with Gasteiger partial charge in [-0.15, -0.1) is 11.3 Å². The summed E-state index contributed by atoms with van der Waals surface area (Å²) in [5, 5.41) is 2.65. The van der Waals surface area contributed by atoms with E-state index in [1.807, 2.05) is 0 Å². The van der Waals surface area contributed by atoms with Gasteiger partial charge in [-0.2, -0.15) is 0 Å². The number of nitrogens with one attached hydrogen (secondary N) is 1. The Morgan fingerprint density at radius 3 is 2.56 bits per heavy atom. The first-order valence-corrected chi connectivity index (χ1v) is 7.88. The molecule has 0 radical (unpaired) electrons. The molecule has 1 aromatic carbocycles. The maximum absolute atomic E-state index is 13.1. The van der Waals surface area contributed by atoms with Crippen LogP contribution in [0.5, 0.6) is 0 Å². The smallest absolute Gasteiger partial charge is 0.257 e. The van der Waals surface area contributed by atoms with Crippen LogP contribution in [0.1, 0.15) is 10.4 Å². The molecule has 0 saturated heterocycles. The molecule has 7 heteroatoms. The standard InChI is InChI=1S/C11H5Br3FNOS/c12-7-2-1-5(15)3-8(7)16-11(17)6-4-9(13)18-10(6)14/h1-4H,(H,16,17). The Bertz CT molecular complexity index is 614. The van der Waals surface area contributed by atoms with Crippen molar-refractivity contribution in [2.75, 3.05) is 5.32 Å². The van der Waals surface area contributed by atoms with Gasteiger partial charge in [-0.3, -0.25) is 4.79 Å². The van der Waals surface area contributed by atoms with Crippen LogP contribution >= 0.6 is 59.1 Å². The van der Waals surface area contributed by atoms with E-state index in [0.29, 0.717) is 15.7 Å². The minimum Gasteiger partial charge on any atom is -0.321 e. The van der Waals surface area contributed by atoms with Crippen molar-refractivity contribution in [2.24, 2.45) is 0 Å². The number of benzene rings is 1. The molecule has 0 atom stereocenters. The van der Waals surface area contributed by atoms with Crippen LogP contribution in [0.25, 0.3) is 0 Å². The van der Waals surface area contributed by atoms with E-state index in [1.54, 1.807) is 12.1 Å². The summed E-state index contributed by atoms with van der Waals surface area (Å²) in [6.45, 7) is 0. The van der Waals surface area contributed by atoms with Crippen LogP contribution in [0.15, 0.2) is 36.3 Å². The summed E-state index contributed by atoms with van der Waals surface area (Å²) < 4.78 is 15.3. The third kappa shape index (κ3) is 3.20. The molecule has 0 fully saturated rings. The Kier molecular flexibility index (Phi) is 4.58. The molecule has 0 bridgehead atoms. The minimum absolute atomic E-state index is 0.296. The quantitative estimate of drug-likeness (QED) is 0.640. The van der Waals surface area contributed by atoms with Gasteiger partial charge in [0.05, 0.1) is 18.8 Å². The maximum atomic E-state index is 13.1. The van der Waals surface area contributed by atoms with Gasteiger partial charge in [0, 0.05) is 4.47 Å². The van der Waals surface area contributed by atoms with Gasteiger partial charge in [0.15, 0.2) is 0 Å². The van der Waals surface area contributed by atoms with Gasteiger partial charge in [-0.05, 0) is 72.1 Å². The largest absolute Gasteiger partial charge is 0.321 e. The first-order valence-electron chi connectivity index (χ1n) is 4.68. The highest BCUT2D eigenvalue weighted by atomic mass is 79.9. The lowest BCUT2D eigenvalue weighted by atomic mass is 10.2. The van der Waals surface area contributed by atoms with Crippen LogP contribution in [0.2, 0.25) is 0 Å². The van der Waals surface area contributed by atoms with Crippen molar-refractivity contribution in [3.63, 3.8) is 0 Å². The first-order chi connectivity index (χ1) is 8.47. The molecule has 0 aliphatic heterocycles. The second-order valence-corrected chi connectivity index (χ2v) is 7.92. The molecule has 0 aliphatic rings. The minimum atomic E-state index is -0.404. The summed E-state index contributed by atoms with van der Waals surface area (Å²) >= 11 is 11.3. The van der Waals surface area contributed by atoms with Crippen LogP contribution in [-0.2, 0) is 0 Å². The zero-order chi connectivity index (χ0) is 13.3. The number of hydrogen-bond acceptors (Lipinski definition) is 2. The van der Waals surface area contributed by atoms with E-state index < -0.39 is 5.82 Å². The summed E-state index contributed by atoms with van der Waals surface area (Å²) in [5.74, 6) is -0.700. The van der Waals surface area contributed by atoms with Gasteiger partial charge in [-0.25, -0.2) is 4.39 Å². The second kappa shape index (κ2) is 5.81. The highest BCUT2D eigenvalue weighted by Crippen LogP contribution is 2.33. The van der Waals surface area contributed by atoms with Crippen molar-refractivity contribution >= 4 is 70.7 Å². The topological polar surface area (TPSA) is 29.1 Å². The molecule has 0 aliphatic carbocycles. The van der Waals surface area contributed by atoms with Gasteiger partial charge >= 0.3 is 0 Å². The Morgan fingerprint density at radius 2 is 1.94 bits per heavy atom. The lowest BCUT2D eigenvalue weighted by molar-refractivity contribution is 0.102. The van der Waals surface area contributed by atoms with Crippen molar-refractivity contribution in [3.05, 3.63) is 47.7 Å². The molecule has 1 aromatic heterocycles. The summed E-state index contributed by atoms with van der Waals surface area (Å²) in [6.07, 6.45) is 0. The van der Waals surface area contributed by atoms with Gasteiger partial charge in [0.2, 0.25) is 0 Å². The normalized spacial score (nSPS) is 10.4. The third-order valence-corrected chi connectivity index (χ3v) is 5.11. The van der Waals surface area contributed by atoms with E-state index in [0.717, 1.165) is 7.57 Å². The number of carbonyl (C=O) groups excluding carboxylic acids is 1. The van der Waals surface area contributed by atoms with Crippen LogP contribution < -0.4 is 5.32 Å². The number of carbonyl (C=O) groups is 1. The molecular weight excluding hydrogens is 453 g/mol. The molecule has 0 unspecified atom stereocenters. The van der Waals surface area contributed by atoms with E-state index in [4.69, 9.17) is 0 Å². The van der Waals surface area contributed by atoms with Crippen molar-refractivity contribution in [1.29, 1.82) is 0 Å². The van der Waals surface area contributed by atoms with Crippen molar-refractivity contribution in [3.8, 4) is 0 Å². The average Bonchev–Trinajstić information content (AvgIpc) is 2.63. The number of rotatable bonds is 2. The van der Waals surface area contributed by atoms with Crippen LogP contribution in [0.4, 0.5) is 10.1 Å². The number of halogens is 4. The van der Waals surface area contributed by atoms with Gasteiger partial charge in [0.1, 0.15) is 5.82 Å². The summed E-state index contributed by atoms with van der Waals surface area (Å²) in [6, 6.07) is 5.83. The molecule has 18 heavy (non-hydrogen) atoms. The number of anilines is 1. The van der Waals surface area contributed by atoms with Gasteiger partial charge < -0.3 is 5.32 Å². The molecule has 0 spiro atoms. The summed E-state index contributed by atoms with van der Waals surface area (Å²) in [7, 11) is 0. The van der Waals surface area contributed by atoms with Crippen molar-refractivity contribution < 1.29 is 9.18 Å². The SMILES string of the molecule is O=C(Nc1cc(F)ccc1Br)c1cc(Br)sc1Br. The van der Waals surface area contributed by atoms with Gasteiger partial charge in [0.25, 0.3) is 5.91 Å². The summed E-state index contributed by atoms with van der Waals surface area (Å²) in [4.78, 5) is 12.0. The molecule has 1 amide bonds. The van der Waals surface area contributed by atoms with E-state index in [2.05, 4.69) is 53.1 Å². The molecule has 2 aromatic rings. The highest BCUT2D eigenvalue weighted by Gasteiger charge is 2.15. The molecule has 2 nitrogen and oxygen atoms in total. The van der Waals surface area contributed by atoms with Crippen LogP contribution in [-0.4, -0.2) is 5.91 Å². The fourth-order valence-electron chi connectivity index (χ4n) is 1.28. The lowest BCUT2D eigenvalue weighted by Gasteiger charge is -2.06. The molecule has 0 saturated carbocycles. The second-order valence-electron chi connectivity index (χ2n) is 3.32. The molecule has 2 rings (SSSR count). The van der Waals surface area contributed by atoms with E-state index in [-0.39, 0.29) is 5.91 Å². The molecule has 1 heterocycles. The molecule has 1 N–H and O–H groups in total. The van der Waals surface area contributed by atoms with E-state index >= 15 is 0 Å². The van der Waals surface area contributed by atoms with Crippen LogP contribution in [0.3, 0.4) is 0 Å². The Balaban J connectivity index is 2.26. The predicted molar refractivity (Wildman–Crippen MR) is 81.8 cm³/mol. The highest BCUT2D eigenvalue weighted by molar-refractivity contribution is 9.12.